The van der Waals surface area contributed by atoms with Gasteiger partial charge in [-0.05, 0) is 25.1 Å². The highest BCUT2D eigenvalue weighted by Crippen LogP contribution is 2.06. The Bertz CT molecular complexity index is 361. The van der Waals surface area contributed by atoms with Crippen LogP contribution >= 0.6 is 0 Å². The molecule has 0 unspecified atom stereocenters. The summed E-state index contributed by atoms with van der Waals surface area (Å²) >= 11 is 0. The number of amides is 1. The smallest absolute Gasteiger partial charge is 0.224 e. The van der Waals surface area contributed by atoms with Gasteiger partial charge in [-0.2, -0.15) is 0 Å². The molecule has 1 N–H and O–H groups in total. The van der Waals surface area contributed by atoms with Gasteiger partial charge in [-0.1, -0.05) is 18.2 Å². The van der Waals surface area contributed by atoms with E-state index in [-0.39, 0.29) is 5.91 Å². The lowest BCUT2D eigenvalue weighted by Crippen LogP contribution is -2.40. The van der Waals surface area contributed by atoms with E-state index in [4.69, 9.17) is 0 Å². The summed E-state index contributed by atoms with van der Waals surface area (Å²) in [4.78, 5) is 14.1. The average molecular weight is 246 g/mol. The van der Waals surface area contributed by atoms with Crippen molar-refractivity contribution in [2.75, 3.05) is 38.0 Å². The molecular weight excluding hydrogens is 226 g/mol. The highest BCUT2D eigenvalue weighted by molar-refractivity contribution is 5.90. The van der Waals surface area contributed by atoms with Crippen LogP contribution in [0.25, 0.3) is 0 Å². The van der Waals surface area contributed by atoms with Gasteiger partial charge in [0.15, 0.2) is 0 Å². The van der Waals surface area contributed by atoms with E-state index < -0.39 is 0 Å². The van der Waals surface area contributed by atoms with Crippen LogP contribution in [-0.2, 0) is 4.79 Å². The monoisotopic (exact) mass is 246 g/mol. The third-order valence-electron chi connectivity index (χ3n) is 3.08. The lowest BCUT2D eigenvalue weighted by molar-refractivity contribution is -0.116. The molecule has 0 aliphatic carbocycles. The van der Waals surface area contributed by atoms with E-state index in [9.17, 15) is 4.79 Å². The molecule has 1 heterocycles. The van der Waals surface area contributed by atoms with Crippen LogP contribution < -0.4 is 10.6 Å². The van der Waals surface area contributed by atoms with Crippen molar-refractivity contribution in [1.29, 1.82) is 0 Å². The van der Waals surface area contributed by atoms with Crippen LogP contribution in [0.5, 0.6) is 0 Å². The number of anilines is 1. The standard InChI is InChI=1S/C14H20N3O/c18-14(16-13-5-2-1-3-6-13)7-4-10-17-11-8-15-9-12-17/h1-3,5-6H,4,7-12H2,(H,16,18). The number of nitrogens with zero attached hydrogens (tertiary/aromatic N) is 2. The summed E-state index contributed by atoms with van der Waals surface area (Å²) in [5.74, 6) is 0.0999. The van der Waals surface area contributed by atoms with Gasteiger partial charge in [0.2, 0.25) is 5.91 Å². The molecule has 1 aromatic rings. The quantitative estimate of drug-likeness (QED) is 0.852. The lowest BCUT2D eigenvalue weighted by atomic mass is 10.2. The summed E-state index contributed by atoms with van der Waals surface area (Å²) in [5, 5.41) is 7.21. The minimum absolute atomic E-state index is 0.0999. The molecule has 1 aliphatic heterocycles. The second kappa shape index (κ2) is 7.13. The van der Waals surface area contributed by atoms with Crippen molar-refractivity contribution in [3.63, 3.8) is 0 Å². The predicted octanol–water partition coefficient (Wildman–Crippen LogP) is 1.33. The molecule has 0 saturated carbocycles. The summed E-state index contributed by atoms with van der Waals surface area (Å²) in [5.41, 5.74) is 0.874. The molecule has 0 bridgehead atoms. The van der Waals surface area contributed by atoms with Gasteiger partial charge in [0.05, 0.1) is 0 Å². The number of carbonyl (C=O) groups excluding carboxylic acids is 1. The Morgan fingerprint density at radius 1 is 1.22 bits per heavy atom. The zero-order valence-corrected chi connectivity index (χ0v) is 10.6. The third-order valence-corrected chi connectivity index (χ3v) is 3.08. The molecule has 1 radical (unpaired) electrons. The summed E-state index contributed by atoms with van der Waals surface area (Å²) in [6.07, 6.45) is 1.50. The van der Waals surface area contributed by atoms with Crippen LogP contribution in [-0.4, -0.2) is 43.5 Å². The molecule has 4 nitrogen and oxygen atoms in total. The Hall–Kier alpha value is -1.39. The van der Waals surface area contributed by atoms with E-state index in [0.717, 1.165) is 44.8 Å². The molecule has 0 spiro atoms. The first-order valence-corrected chi connectivity index (χ1v) is 6.55. The Morgan fingerprint density at radius 2 is 1.94 bits per heavy atom. The normalized spacial score (nSPS) is 16.4. The largest absolute Gasteiger partial charge is 0.326 e. The number of piperazine rings is 1. The molecule has 1 saturated heterocycles. The Morgan fingerprint density at radius 3 is 2.67 bits per heavy atom. The fraction of sp³-hybridized carbons (Fsp3) is 0.500. The van der Waals surface area contributed by atoms with E-state index in [1.54, 1.807) is 0 Å². The van der Waals surface area contributed by atoms with Crippen LogP contribution in [0.1, 0.15) is 12.8 Å². The number of nitrogens with one attached hydrogen (secondary N) is 1. The van der Waals surface area contributed by atoms with Gasteiger partial charge in [-0.15, -0.1) is 0 Å². The topological polar surface area (TPSA) is 46.4 Å². The highest BCUT2D eigenvalue weighted by Gasteiger charge is 2.10. The lowest BCUT2D eigenvalue weighted by Gasteiger charge is -2.25. The Kier molecular flexibility index (Phi) is 5.17. The first-order valence-electron chi connectivity index (χ1n) is 6.55. The fourth-order valence-corrected chi connectivity index (χ4v) is 2.08. The van der Waals surface area contributed by atoms with Gasteiger partial charge in [0.1, 0.15) is 0 Å². The number of para-hydroxylation sites is 1. The highest BCUT2D eigenvalue weighted by atomic mass is 16.1. The average Bonchev–Trinajstić information content (AvgIpc) is 2.41. The van der Waals surface area contributed by atoms with Crippen LogP contribution in [0, 0.1) is 0 Å². The van der Waals surface area contributed by atoms with E-state index in [2.05, 4.69) is 15.5 Å². The molecular formula is C14H20N3O. The molecule has 1 fully saturated rings. The Labute approximate surface area is 108 Å². The minimum atomic E-state index is 0.0999. The first-order chi connectivity index (χ1) is 8.84. The maximum Gasteiger partial charge on any atom is 0.224 e. The molecule has 0 atom stereocenters. The number of benzene rings is 1. The Balaban J connectivity index is 1.62. The van der Waals surface area contributed by atoms with Crippen LogP contribution in [0.3, 0.4) is 0 Å². The van der Waals surface area contributed by atoms with Gasteiger partial charge in [-0.25, -0.2) is 5.32 Å². The van der Waals surface area contributed by atoms with Crippen molar-refractivity contribution in [1.82, 2.24) is 10.2 Å². The van der Waals surface area contributed by atoms with Crippen LogP contribution in [0.4, 0.5) is 5.69 Å². The third kappa shape index (κ3) is 4.47. The molecule has 2 rings (SSSR count). The molecule has 1 aromatic carbocycles. The van der Waals surface area contributed by atoms with E-state index in [1.165, 1.54) is 0 Å². The van der Waals surface area contributed by atoms with Crippen molar-refractivity contribution in [3.8, 4) is 0 Å². The SMILES string of the molecule is O=C(CCCN1CC[N]CC1)Nc1ccccc1. The van der Waals surface area contributed by atoms with E-state index in [0.29, 0.717) is 6.42 Å². The number of hydrogen-bond acceptors (Lipinski definition) is 2. The molecule has 1 amide bonds. The van der Waals surface area contributed by atoms with E-state index in [1.807, 2.05) is 30.3 Å². The summed E-state index contributed by atoms with van der Waals surface area (Å²) in [7, 11) is 0. The first kappa shape index (κ1) is 13.1. The number of carbonyl (C=O) groups is 1. The maximum absolute atomic E-state index is 11.7. The van der Waals surface area contributed by atoms with Crippen molar-refractivity contribution < 1.29 is 4.79 Å². The minimum Gasteiger partial charge on any atom is -0.326 e. The van der Waals surface area contributed by atoms with Gasteiger partial charge in [0.25, 0.3) is 0 Å². The predicted molar refractivity (Wildman–Crippen MR) is 72.6 cm³/mol. The van der Waals surface area contributed by atoms with Gasteiger partial charge in [0, 0.05) is 38.3 Å². The van der Waals surface area contributed by atoms with Crippen LogP contribution in [0.15, 0.2) is 30.3 Å². The maximum atomic E-state index is 11.7. The van der Waals surface area contributed by atoms with Crippen molar-refractivity contribution in [2.45, 2.75) is 12.8 Å². The molecule has 1 aliphatic rings. The fourth-order valence-electron chi connectivity index (χ4n) is 2.08. The van der Waals surface area contributed by atoms with Crippen LogP contribution in [0.2, 0.25) is 0 Å². The van der Waals surface area contributed by atoms with E-state index >= 15 is 0 Å². The molecule has 97 valence electrons. The summed E-state index contributed by atoms with van der Waals surface area (Å²) in [6, 6.07) is 9.60. The van der Waals surface area contributed by atoms with Crippen molar-refractivity contribution >= 4 is 11.6 Å². The van der Waals surface area contributed by atoms with Crippen molar-refractivity contribution in [2.24, 2.45) is 0 Å². The molecule has 18 heavy (non-hydrogen) atoms. The zero-order chi connectivity index (χ0) is 12.6. The molecule has 0 aromatic heterocycles. The second-order valence-electron chi connectivity index (χ2n) is 4.53. The summed E-state index contributed by atoms with van der Waals surface area (Å²) in [6.45, 7) is 4.96. The van der Waals surface area contributed by atoms with Gasteiger partial charge < -0.3 is 10.2 Å². The van der Waals surface area contributed by atoms with Gasteiger partial charge in [-0.3, -0.25) is 4.79 Å². The summed E-state index contributed by atoms with van der Waals surface area (Å²) < 4.78 is 0. The van der Waals surface area contributed by atoms with Gasteiger partial charge >= 0.3 is 0 Å². The zero-order valence-electron chi connectivity index (χ0n) is 10.6. The molecule has 4 heteroatoms. The van der Waals surface area contributed by atoms with Crippen molar-refractivity contribution in [3.05, 3.63) is 30.3 Å². The number of hydrogen-bond donors (Lipinski definition) is 1. The number of rotatable bonds is 5. The second-order valence-corrected chi connectivity index (χ2v) is 4.53.